The zero-order valence-electron chi connectivity index (χ0n) is 14.8. The van der Waals surface area contributed by atoms with Crippen molar-refractivity contribution >= 4 is 23.0 Å². The fourth-order valence-corrected chi connectivity index (χ4v) is 3.43. The molecule has 0 bridgehead atoms. The molecule has 1 N–H and O–H groups in total. The van der Waals surface area contributed by atoms with E-state index < -0.39 is 0 Å². The normalized spacial score (nSPS) is 13.2. The third-order valence-corrected chi connectivity index (χ3v) is 4.68. The maximum Gasteiger partial charge on any atom is 0.257 e. The average Bonchev–Trinajstić information content (AvgIpc) is 2.67. The van der Waals surface area contributed by atoms with Crippen molar-refractivity contribution < 1.29 is 4.79 Å². The zero-order chi connectivity index (χ0) is 17.9. The van der Waals surface area contributed by atoms with Crippen LogP contribution in [0.5, 0.6) is 0 Å². The number of benzene rings is 2. The number of rotatable bonds is 3. The van der Waals surface area contributed by atoms with E-state index in [-0.39, 0.29) is 5.91 Å². The van der Waals surface area contributed by atoms with Crippen molar-refractivity contribution in [2.75, 3.05) is 16.8 Å². The summed E-state index contributed by atoms with van der Waals surface area (Å²) >= 11 is 0. The number of anilines is 3. The summed E-state index contributed by atoms with van der Waals surface area (Å²) in [7, 11) is 0. The van der Waals surface area contributed by atoms with E-state index in [1.54, 1.807) is 6.20 Å². The Balaban J connectivity index is 1.60. The number of nitrogens with one attached hydrogen (secondary N) is 1. The van der Waals surface area contributed by atoms with Gasteiger partial charge in [-0.3, -0.25) is 9.78 Å². The molecule has 0 saturated heterocycles. The van der Waals surface area contributed by atoms with Gasteiger partial charge in [-0.1, -0.05) is 30.3 Å². The molecule has 1 aliphatic rings. The molecule has 3 aromatic rings. The molecular weight excluding hydrogens is 322 g/mol. The molecule has 4 heteroatoms. The van der Waals surface area contributed by atoms with Crippen LogP contribution in [0.15, 0.2) is 67.0 Å². The van der Waals surface area contributed by atoms with Gasteiger partial charge in [0.15, 0.2) is 0 Å². The molecule has 0 spiro atoms. The van der Waals surface area contributed by atoms with Gasteiger partial charge in [0, 0.05) is 24.1 Å². The summed E-state index contributed by atoms with van der Waals surface area (Å²) < 4.78 is 0. The van der Waals surface area contributed by atoms with Crippen molar-refractivity contribution in [2.45, 2.75) is 19.8 Å². The summed E-state index contributed by atoms with van der Waals surface area (Å²) in [5, 5.41) is 2.95. The van der Waals surface area contributed by atoms with Crippen molar-refractivity contribution in [3.8, 4) is 0 Å². The first-order chi connectivity index (χ1) is 12.7. The number of fused-ring (bicyclic) bond motifs is 1. The van der Waals surface area contributed by atoms with Gasteiger partial charge in [0.1, 0.15) is 0 Å². The van der Waals surface area contributed by atoms with Gasteiger partial charge >= 0.3 is 0 Å². The third kappa shape index (κ3) is 3.31. The van der Waals surface area contributed by atoms with Crippen LogP contribution in [0.3, 0.4) is 0 Å². The van der Waals surface area contributed by atoms with Crippen LogP contribution in [0, 0.1) is 6.92 Å². The quantitative estimate of drug-likeness (QED) is 0.748. The van der Waals surface area contributed by atoms with Crippen LogP contribution in [0.4, 0.5) is 17.1 Å². The van der Waals surface area contributed by atoms with Crippen molar-refractivity contribution in [2.24, 2.45) is 0 Å². The Morgan fingerprint density at radius 2 is 1.96 bits per heavy atom. The van der Waals surface area contributed by atoms with E-state index in [4.69, 9.17) is 0 Å². The molecule has 0 atom stereocenters. The Morgan fingerprint density at radius 3 is 2.85 bits per heavy atom. The Hall–Kier alpha value is -3.14. The highest BCUT2D eigenvalue weighted by atomic mass is 16.1. The minimum absolute atomic E-state index is 0.143. The summed E-state index contributed by atoms with van der Waals surface area (Å²) in [6.45, 7) is 2.94. The first kappa shape index (κ1) is 16.3. The number of aryl methyl sites for hydroxylation is 2. The van der Waals surface area contributed by atoms with Gasteiger partial charge in [0.05, 0.1) is 17.4 Å². The molecule has 0 aliphatic carbocycles. The fraction of sp³-hybridized carbons (Fsp3) is 0.182. The summed E-state index contributed by atoms with van der Waals surface area (Å²) in [4.78, 5) is 19.2. The number of aromatic nitrogens is 1. The van der Waals surface area contributed by atoms with Gasteiger partial charge in [-0.15, -0.1) is 0 Å². The van der Waals surface area contributed by atoms with Gasteiger partial charge in [-0.25, -0.2) is 0 Å². The number of para-hydroxylation sites is 1. The Morgan fingerprint density at radius 1 is 1.08 bits per heavy atom. The molecule has 1 aliphatic heterocycles. The molecule has 0 saturated carbocycles. The van der Waals surface area contributed by atoms with E-state index in [2.05, 4.69) is 39.5 Å². The molecule has 26 heavy (non-hydrogen) atoms. The second-order valence-corrected chi connectivity index (χ2v) is 6.64. The molecule has 4 rings (SSSR count). The Labute approximate surface area is 153 Å². The summed E-state index contributed by atoms with van der Waals surface area (Å²) in [6.07, 6.45) is 5.63. The van der Waals surface area contributed by atoms with Gasteiger partial charge in [0.25, 0.3) is 5.91 Å². The Kier molecular flexibility index (Phi) is 4.40. The predicted molar refractivity (Wildman–Crippen MR) is 105 cm³/mol. The summed E-state index contributed by atoms with van der Waals surface area (Å²) in [6, 6.07) is 18.1. The molecule has 1 amide bonds. The highest BCUT2D eigenvalue weighted by Crippen LogP contribution is 2.33. The fourth-order valence-electron chi connectivity index (χ4n) is 3.43. The molecule has 2 aromatic carbocycles. The number of amides is 1. The highest BCUT2D eigenvalue weighted by Gasteiger charge is 2.19. The molecule has 0 unspecified atom stereocenters. The van der Waals surface area contributed by atoms with Crippen LogP contribution in [-0.4, -0.2) is 17.4 Å². The minimum atomic E-state index is -0.143. The average molecular weight is 343 g/mol. The zero-order valence-corrected chi connectivity index (χ0v) is 14.8. The van der Waals surface area contributed by atoms with Crippen molar-refractivity contribution in [1.82, 2.24) is 4.98 Å². The van der Waals surface area contributed by atoms with E-state index in [0.717, 1.165) is 36.3 Å². The minimum Gasteiger partial charge on any atom is -0.340 e. The molecule has 2 heterocycles. The van der Waals surface area contributed by atoms with Crippen LogP contribution in [0.1, 0.15) is 27.9 Å². The number of nitrogens with zero attached hydrogens (tertiary/aromatic N) is 2. The monoisotopic (exact) mass is 343 g/mol. The highest BCUT2D eigenvalue weighted by molar-refractivity contribution is 6.04. The second kappa shape index (κ2) is 7.00. The molecule has 4 nitrogen and oxygen atoms in total. The second-order valence-electron chi connectivity index (χ2n) is 6.64. The lowest BCUT2D eigenvalue weighted by Gasteiger charge is -2.31. The maximum atomic E-state index is 12.6. The van der Waals surface area contributed by atoms with Crippen LogP contribution in [0.25, 0.3) is 0 Å². The lowest BCUT2D eigenvalue weighted by atomic mass is 10.0. The number of carbonyl (C=O) groups is 1. The molecule has 1 aromatic heterocycles. The van der Waals surface area contributed by atoms with Crippen LogP contribution < -0.4 is 10.2 Å². The van der Waals surface area contributed by atoms with E-state index in [1.807, 2.05) is 43.5 Å². The number of hydrogen-bond donors (Lipinski definition) is 1. The molecule has 0 fully saturated rings. The first-order valence-electron chi connectivity index (χ1n) is 8.89. The molecular formula is C22H21N3O. The van der Waals surface area contributed by atoms with E-state index in [9.17, 15) is 4.79 Å². The topological polar surface area (TPSA) is 45.2 Å². The van der Waals surface area contributed by atoms with Gasteiger partial charge in [-0.05, 0) is 55.2 Å². The lowest BCUT2D eigenvalue weighted by Crippen LogP contribution is -2.25. The van der Waals surface area contributed by atoms with E-state index >= 15 is 0 Å². The standard InChI is InChI=1S/C22H21N3O/c1-16-6-4-9-19(12-16)24-22(26)18-13-20(15-23-14-18)25-11-5-8-17-7-2-3-10-21(17)25/h2-4,6-7,9-10,12-15H,5,8,11H2,1H3,(H,24,26). The van der Waals surface area contributed by atoms with Crippen molar-refractivity contribution in [1.29, 1.82) is 0 Å². The van der Waals surface area contributed by atoms with Crippen LogP contribution in [0.2, 0.25) is 0 Å². The lowest BCUT2D eigenvalue weighted by molar-refractivity contribution is 0.102. The first-order valence-corrected chi connectivity index (χ1v) is 8.89. The summed E-state index contributed by atoms with van der Waals surface area (Å²) in [5.74, 6) is -0.143. The Bertz CT molecular complexity index is 951. The smallest absolute Gasteiger partial charge is 0.257 e. The van der Waals surface area contributed by atoms with Crippen molar-refractivity contribution in [3.63, 3.8) is 0 Å². The number of hydrogen-bond acceptors (Lipinski definition) is 3. The van der Waals surface area contributed by atoms with Gasteiger partial charge < -0.3 is 10.2 Å². The number of carbonyl (C=O) groups excluding carboxylic acids is 1. The van der Waals surface area contributed by atoms with Gasteiger partial charge in [0.2, 0.25) is 0 Å². The predicted octanol–water partition coefficient (Wildman–Crippen LogP) is 4.73. The molecule has 0 radical (unpaired) electrons. The number of pyridine rings is 1. The van der Waals surface area contributed by atoms with E-state index in [1.165, 1.54) is 11.3 Å². The molecule has 130 valence electrons. The SMILES string of the molecule is Cc1cccc(NC(=O)c2cncc(N3CCCc4ccccc43)c2)c1. The van der Waals surface area contributed by atoms with Gasteiger partial charge in [-0.2, -0.15) is 0 Å². The maximum absolute atomic E-state index is 12.6. The third-order valence-electron chi connectivity index (χ3n) is 4.68. The largest absolute Gasteiger partial charge is 0.340 e. The van der Waals surface area contributed by atoms with Crippen LogP contribution >= 0.6 is 0 Å². The van der Waals surface area contributed by atoms with Crippen molar-refractivity contribution in [3.05, 3.63) is 83.7 Å². The van der Waals surface area contributed by atoms with Crippen LogP contribution in [-0.2, 0) is 6.42 Å². The van der Waals surface area contributed by atoms with E-state index in [0.29, 0.717) is 5.56 Å². The summed E-state index contributed by atoms with van der Waals surface area (Å²) in [5.41, 5.74) is 5.97.